The highest BCUT2D eigenvalue weighted by Gasteiger charge is 2.38. The number of nitrogens with zero attached hydrogens (tertiary/aromatic N) is 2. The predicted octanol–water partition coefficient (Wildman–Crippen LogP) is -1.18. The standard InChI is InChI=1S/C14H17BFN5O5/c16-4-5-21-11(18-19-20-21)7-12(22)17-10-6-8-2-1-3-9(14(23)24)13(8)26-15(10)25/h1-3,10,19-20,25H,4-7H2,(H,17,22)(H,23,24)/t10-/m0/s1. The lowest BCUT2D eigenvalue weighted by atomic mass is 9.72. The molecule has 12 heteroatoms. The molecule has 2 heterocycles. The Balaban J connectivity index is 1.65. The van der Waals surface area contributed by atoms with Gasteiger partial charge in [0.25, 0.3) is 0 Å². The minimum absolute atomic E-state index is 0.0274. The van der Waals surface area contributed by atoms with E-state index in [9.17, 15) is 24.1 Å². The lowest BCUT2D eigenvalue weighted by Crippen LogP contribution is -2.54. The average molecular weight is 365 g/mol. The fourth-order valence-corrected chi connectivity index (χ4v) is 2.80. The number of hydrogen-bond donors (Lipinski definition) is 5. The summed E-state index contributed by atoms with van der Waals surface area (Å²) in [6, 6.07) is 4.62. The maximum Gasteiger partial charge on any atom is 0.547 e. The summed E-state index contributed by atoms with van der Waals surface area (Å²) >= 11 is 0. The van der Waals surface area contributed by atoms with Crippen LogP contribution in [0.3, 0.4) is 0 Å². The SMILES string of the molecule is O=C(CC1=NNNN1CCF)N[C@H]1Cc2cccc(C(=O)O)c2OB1O. The molecule has 0 fully saturated rings. The molecule has 0 spiro atoms. The van der Waals surface area contributed by atoms with Crippen LogP contribution >= 0.6 is 0 Å². The van der Waals surface area contributed by atoms with Gasteiger partial charge in [-0.1, -0.05) is 12.1 Å². The van der Waals surface area contributed by atoms with E-state index < -0.39 is 31.6 Å². The van der Waals surface area contributed by atoms with Crippen LogP contribution in [-0.4, -0.2) is 59.1 Å². The number of rotatable bonds is 6. The first-order valence-corrected chi connectivity index (χ1v) is 7.89. The van der Waals surface area contributed by atoms with E-state index in [1.54, 1.807) is 12.1 Å². The van der Waals surface area contributed by atoms with Gasteiger partial charge >= 0.3 is 13.1 Å². The van der Waals surface area contributed by atoms with E-state index in [4.69, 9.17) is 4.65 Å². The van der Waals surface area contributed by atoms with Gasteiger partial charge in [-0.3, -0.25) is 9.80 Å². The molecule has 0 saturated heterocycles. The summed E-state index contributed by atoms with van der Waals surface area (Å²) in [5.41, 5.74) is 5.55. The number of para-hydroxylation sites is 1. The third-order valence-electron chi connectivity index (χ3n) is 4.00. The maximum atomic E-state index is 12.5. The molecule has 0 bridgehead atoms. The Kier molecular flexibility index (Phi) is 5.23. The Morgan fingerprint density at radius 1 is 1.50 bits per heavy atom. The number of hydrogen-bond acceptors (Lipinski definition) is 8. The van der Waals surface area contributed by atoms with Crippen molar-refractivity contribution in [2.75, 3.05) is 13.2 Å². The minimum Gasteiger partial charge on any atom is -0.534 e. The van der Waals surface area contributed by atoms with Gasteiger partial charge < -0.3 is 20.1 Å². The Hall–Kier alpha value is -2.86. The van der Waals surface area contributed by atoms with Crippen LogP contribution in [-0.2, 0) is 11.2 Å². The van der Waals surface area contributed by atoms with Crippen LogP contribution < -0.4 is 21.0 Å². The van der Waals surface area contributed by atoms with Gasteiger partial charge in [0, 0.05) is 0 Å². The second kappa shape index (κ2) is 7.58. The molecule has 5 N–H and O–H groups in total. The van der Waals surface area contributed by atoms with Gasteiger partial charge in [0.2, 0.25) is 5.91 Å². The van der Waals surface area contributed by atoms with E-state index in [-0.39, 0.29) is 30.7 Å². The number of carbonyl (C=O) groups is 2. The third-order valence-corrected chi connectivity index (χ3v) is 4.00. The number of carboxylic acids is 1. The molecule has 138 valence electrons. The molecule has 2 aliphatic heterocycles. The number of fused-ring (bicyclic) bond motifs is 1. The normalized spacial score (nSPS) is 18.5. The molecule has 1 amide bonds. The van der Waals surface area contributed by atoms with E-state index in [1.807, 2.05) is 0 Å². The average Bonchev–Trinajstić information content (AvgIpc) is 3.02. The zero-order valence-corrected chi connectivity index (χ0v) is 13.6. The molecule has 26 heavy (non-hydrogen) atoms. The van der Waals surface area contributed by atoms with Gasteiger partial charge in [-0.05, 0) is 18.1 Å². The lowest BCUT2D eigenvalue weighted by Gasteiger charge is -2.29. The van der Waals surface area contributed by atoms with Crippen molar-refractivity contribution in [3.8, 4) is 5.75 Å². The number of nitrogens with one attached hydrogen (secondary N) is 3. The van der Waals surface area contributed by atoms with Crippen LogP contribution in [0.25, 0.3) is 0 Å². The quantitative estimate of drug-likeness (QED) is 0.398. The van der Waals surface area contributed by atoms with Crippen molar-refractivity contribution in [3.05, 3.63) is 29.3 Å². The van der Waals surface area contributed by atoms with Gasteiger partial charge in [0.15, 0.2) is 5.84 Å². The molecular formula is C14H17BFN5O5. The molecule has 0 radical (unpaired) electrons. The number of hydrazone groups is 1. The van der Waals surface area contributed by atoms with Crippen LogP contribution in [0.2, 0.25) is 0 Å². The highest BCUT2D eigenvalue weighted by molar-refractivity contribution is 6.47. The summed E-state index contributed by atoms with van der Waals surface area (Å²) in [6.07, 6.45) is 0.0752. The topological polar surface area (TPSA) is 136 Å². The Bertz CT molecular complexity index is 748. The number of benzene rings is 1. The van der Waals surface area contributed by atoms with Crippen LogP contribution in [0, 0.1) is 0 Å². The van der Waals surface area contributed by atoms with Gasteiger partial charge in [-0.25, -0.2) is 14.7 Å². The lowest BCUT2D eigenvalue weighted by molar-refractivity contribution is -0.120. The summed E-state index contributed by atoms with van der Waals surface area (Å²) in [7, 11) is -1.39. The monoisotopic (exact) mass is 365 g/mol. The Morgan fingerprint density at radius 3 is 3.04 bits per heavy atom. The predicted molar refractivity (Wildman–Crippen MR) is 88.6 cm³/mol. The van der Waals surface area contributed by atoms with Crippen molar-refractivity contribution in [1.29, 1.82) is 0 Å². The van der Waals surface area contributed by atoms with Crippen molar-refractivity contribution >= 4 is 24.8 Å². The number of hydrazine groups is 2. The van der Waals surface area contributed by atoms with E-state index in [0.717, 1.165) is 0 Å². The first-order chi connectivity index (χ1) is 12.5. The van der Waals surface area contributed by atoms with Crippen molar-refractivity contribution in [3.63, 3.8) is 0 Å². The Morgan fingerprint density at radius 2 is 2.31 bits per heavy atom. The second-order valence-corrected chi connectivity index (χ2v) is 5.75. The maximum absolute atomic E-state index is 12.5. The molecule has 3 rings (SSSR count). The first-order valence-electron chi connectivity index (χ1n) is 7.89. The summed E-state index contributed by atoms with van der Waals surface area (Å²) < 4.78 is 17.8. The molecule has 0 saturated carbocycles. The van der Waals surface area contributed by atoms with E-state index >= 15 is 0 Å². The molecule has 2 aliphatic rings. The van der Waals surface area contributed by atoms with Gasteiger partial charge in [0.1, 0.15) is 12.4 Å². The van der Waals surface area contributed by atoms with Gasteiger partial charge in [-0.2, -0.15) is 0 Å². The number of amides is 1. The van der Waals surface area contributed by atoms with E-state index in [2.05, 4.69) is 21.5 Å². The number of carbonyl (C=O) groups excluding carboxylic acids is 1. The fourth-order valence-electron chi connectivity index (χ4n) is 2.80. The zero-order chi connectivity index (χ0) is 18.7. The molecule has 0 unspecified atom stereocenters. The smallest absolute Gasteiger partial charge is 0.534 e. The highest BCUT2D eigenvalue weighted by Crippen LogP contribution is 2.30. The summed E-state index contributed by atoms with van der Waals surface area (Å²) in [6.45, 7) is -0.590. The summed E-state index contributed by atoms with van der Waals surface area (Å²) in [5.74, 6) is -1.95. The number of carboxylic acid groups (broad SMARTS) is 1. The van der Waals surface area contributed by atoms with Gasteiger partial charge in [-0.15, -0.1) is 10.6 Å². The molecule has 1 aromatic rings. The first kappa shape index (κ1) is 18.0. The largest absolute Gasteiger partial charge is 0.547 e. The van der Waals surface area contributed by atoms with Gasteiger partial charge in [0.05, 0.1) is 24.5 Å². The molecule has 0 aliphatic carbocycles. The summed E-state index contributed by atoms with van der Waals surface area (Å²) in [5, 5.41) is 27.1. The van der Waals surface area contributed by atoms with Crippen LogP contribution in [0.15, 0.2) is 23.3 Å². The van der Waals surface area contributed by atoms with Crippen molar-refractivity contribution in [2.45, 2.75) is 18.8 Å². The van der Waals surface area contributed by atoms with E-state index in [1.165, 1.54) is 11.1 Å². The summed E-state index contributed by atoms with van der Waals surface area (Å²) in [4.78, 5) is 23.4. The highest BCUT2D eigenvalue weighted by atomic mass is 19.1. The minimum atomic E-state index is -1.39. The molecule has 0 aromatic heterocycles. The van der Waals surface area contributed by atoms with Crippen LogP contribution in [0.4, 0.5) is 4.39 Å². The number of halogens is 1. The molecule has 1 aromatic carbocycles. The Labute approximate surface area is 148 Å². The van der Waals surface area contributed by atoms with E-state index in [0.29, 0.717) is 11.4 Å². The number of amidine groups is 1. The number of alkyl halides is 1. The molecular weight excluding hydrogens is 348 g/mol. The van der Waals surface area contributed by atoms with Crippen molar-refractivity contribution in [1.82, 2.24) is 21.4 Å². The third kappa shape index (κ3) is 3.70. The van der Waals surface area contributed by atoms with Crippen molar-refractivity contribution < 1.29 is 28.8 Å². The number of aromatic carboxylic acids is 1. The van der Waals surface area contributed by atoms with Crippen LogP contribution in [0.5, 0.6) is 5.75 Å². The van der Waals surface area contributed by atoms with Crippen LogP contribution in [0.1, 0.15) is 22.3 Å². The second-order valence-electron chi connectivity index (χ2n) is 5.75. The molecule has 1 atom stereocenters. The molecule has 10 nitrogen and oxygen atoms in total. The zero-order valence-electron chi connectivity index (χ0n) is 13.6. The fraction of sp³-hybridized carbons (Fsp3) is 0.357. The van der Waals surface area contributed by atoms with Crippen molar-refractivity contribution in [2.24, 2.45) is 5.10 Å².